The molecule has 1 heterocycles. The zero-order chi connectivity index (χ0) is 12.3. The molecule has 90 valence electrons. The van der Waals surface area contributed by atoms with Gasteiger partial charge in [-0.3, -0.25) is 0 Å². The Bertz CT molecular complexity index is 459. The molecule has 1 nitrogen and oxygen atoms in total. The fourth-order valence-corrected chi connectivity index (χ4v) is 2.74. The van der Waals surface area contributed by atoms with Gasteiger partial charge in [-0.1, -0.05) is 28.1 Å². The van der Waals surface area contributed by atoms with E-state index in [-0.39, 0.29) is 0 Å². The van der Waals surface area contributed by atoms with Crippen molar-refractivity contribution in [1.29, 1.82) is 0 Å². The lowest BCUT2D eigenvalue weighted by Gasteiger charge is -2.23. The van der Waals surface area contributed by atoms with Crippen molar-refractivity contribution in [3.8, 4) is 0 Å². The van der Waals surface area contributed by atoms with E-state index >= 15 is 0 Å². The summed E-state index contributed by atoms with van der Waals surface area (Å²) in [5, 5.41) is 14.7. The predicted molar refractivity (Wildman–Crippen MR) is 76.4 cm³/mol. The van der Waals surface area contributed by atoms with Gasteiger partial charge in [-0.05, 0) is 59.9 Å². The van der Waals surface area contributed by atoms with Gasteiger partial charge in [0.1, 0.15) is 0 Å². The second-order valence-electron chi connectivity index (χ2n) is 4.41. The fraction of sp³-hybridized carbons (Fsp3) is 0.286. The van der Waals surface area contributed by atoms with E-state index < -0.39 is 5.60 Å². The molecule has 1 N–H and O–H groups in total. The van der Waals surface area contributed by atoms with Crippen molar-refractivity contribution < 1.29 is 5.11 Å². The molecule has 0 aliphatic rings. The molecule has 0 fully saturated rings. The van der Waals surface area contributed by atoms with E-state index in [1.165, 1.54) is 5.56 Å². The summed E-state index contributed by atoms with van der Waals surface area (Å²) in [4.78, 5) is 0. The van der Waals surface area contributed by atoms with Crippen molar-refractivity contribution in [2.24, 2.45) is 0 Å². The number of thiophene rings is 1. The minimum absolute atomic E-state index is 0.741. The highest BCUT2D eigenvalue weighted by molar-refractivity contribution is 9.10. The first-order valence-corrected chi connectivity index (χ1v) is 7.31. The van der Waals surface area contributed by atoms with Crippen molar-refractivity contribution in [3.63, 3.8) is 0 Å². The van der Waals surface area contributed by atoms with Gasteiger partial charge in [-0.25, -0.2) is 0 Å². The molecule has 1 aromatic heterocycles. The molecule has 2 rings (SSSR count). The number of benzene rings is 1. The normalized spacial score (nSPS) is 14.5. The van der Waals surface area contributed by atoms with Crippen LogP contribution in [0.2, 0.25) is 0 Å². The lowest BCUT2D eigenvalue weighted by molar-refractivity contribution is 0.0481. The van der Waals surface area contributed by atoms with Crippen LogP contribution in [0, 0.1) is 0 Å². The molecule has 1 aromatic carbocycles. The van der Waals surface area contributed by atoms with Gasteiger partial charge < -0.3 is 5.11 Å². The summed E-state index contributed by atoms with van der Waals surface area (Å²) in [6.45, 7) is 1.88. The summed E-state index contributed by atoms with van der Waals surface area (Å²) in [5.74, 6) is 0. The molecular weight excluding hydrogens is 296 g/mol. The van der Waals surface area contributed by atoms with Gasteiger partial charge in [0, 0.05) is 4.47 Å². The first kappa shape index (κ1) is 12.8. The van der Waals surface area contributed by atoms with Crippen LogP contribution in [-0.4, -0.2) is 5.11 Å². The summed E-state index contributed by atoms with van der Waals surface area (Å²) in [5.41, 5.74) is 1.51. The minimum atomic E-state index is -0.761. The third-order valence-corrected chi connectivity index (χ3v) is 4.21. The molecule has 0 saturated carbocycles. The van der Waals surface area contributed by atoms with Crippen LogP contribution < -0.4 is 0 Å². The third kappa shape index (κ3) is 3.41. The average molecular weight is 311 g/mol. The fourth-order valence-electron chi connectivity index (χ4n) is 1.78. The molecule has 0 aliphatic carbocycles. The molecule has 0 saturated heterocycles. The Balaban J connectivity index is 2.05. The van der Waals surface area contributed by atoms with E-state index in [0.717, 1.165) is 22.9 Å². The first-order chi connectivity index (χ1) is 8.08. The number of halogens is 1. The van der Waals surface area contributed by atoms with Crippen LogP contribution in [-0.2, 0) is 12.0 Å². The maximum absolute atomic E-state index is 10.5. The topological polar surface area (TPSA) is 20.2 Å². The van der Waals surface area contributed by atoms with Gasteiger partial charge in [0.15, 0.2) is 0 Å². The average Bonchev–Trinajstić information content (AvgIpc) is 2.80. The molecule has 0 bridgehead atoms. The molecule has 2 aromatic rings. The Kier molecular flexibility index (Phi) is 4.02. The van der Waals surface area contributed by atoms with E-state index in [9.17, 15) is 5.11 Å². The van der Waals surface area contributed by atoms with Crippen molar-refractivity contribution in [1.82, 2.24) is 0 Å². The van der Waals surface area contributed by atoms with Crippen LogP contribution >= 0.6 is 27.3 Å². The molecule has 0 amide bonds. The van der Waals surface area contributed by atoms with Crippen molar-refractivity contribution in [2.75, 3.05) is 0 Å². The smallest absolute Gasteiger partial charge is 0.0871 e. The Morgan fingerprint density at radius 1 is 1.24 bits per heavy atom. The van der Waals surface area contributed by atoms with Crippen LogP contribution in [0.3, 0.4) is 0 Å². The Hall–Kier alpha value is -0.640. The molecule has 17 heavy (non-hydrogen) atoms. The van der Waals surface area contributed by atoms with Gasteiger partial charge >= 0.3 is 0 Å². The molecule has 3 heteroatoms. The van der Waals surface area contributed by atoms with Gasteiger partial charge in [0.2, 0.25) is 0 Å². The van der Waals surface area contributed by atoms with Crippen LogP contribution in [0.5, 0.6) is 0 Å². The van der Waals surface area contributed by atoms with Gasteiger partial charge in [0.05, 0.1) is 5.60 Å². The number of rotatable bonds is 4. The maximum Gasteiger partial charge on any atom is 0.0871 e. The molecule has 0 radical (unpaired) electrons. The lowest BCUT2D eigenvalue weighted by Crippen LogP contribution is -2.21. The van der Waals surface area contributed by atoms with Gasteiger partial charge in [-0.15, -0.1) is 0 Å². The number of hydrogen-bond donors (Lipinski definition) is 1. The van der Waals surface area contributed by atoms with Crippen LogP contribution in [0.1, 0.15) is 24.5 Å². The number of aryl methyl sites for hydroxylation is 1. The predicted octanol–water partition coefficient (Wildman–Crippen LogP) is 4.35. The highest BCUT2D eigenvalue weighted by Gasteiger charge is 2.22. The third-order valence-electron chi connectivity index (χ3n) is 2.95. The summed E-state index contributed by atoms with van der Waals surface area (Å²) in [6.07, 6.45) is 1.65. The zero-order valence-corrected chi connectivity index (χ0v) is 12.1. The summed E-state index contributed by atoms with van der Waals surface area (Å²) >= 11 is 5.10. The van der Waals surface area contributed by atoms with Crippen molar-refractivity contribution >= 4 is 27.3 Å². The monoisotopic (exact) mass is 310 g/mol. The van der Waals surface area contributed by atoms with Gasteiger partial charge in [0.25, 0.3) is 0 Å². The Morgan fingerprint density at radius 3 is 2.53 bits per heavy atom. The quantitative estimate of drug-likeness (QED) is 0.890. The number of hydrogen-bond acceptors (Lipinski definition) is 2. The Labute approximate surface area is 114 Å². The molecule has 0 spiro atoms. The lowest BCUT2D eigenvalue weighted by atomic mass is 9.90. The van der Waals surface area contributed by atoms with Crippen LogP contribution in [0.4, 0.5) is 0 Å². The van der Waals surface area contributed by atoms with Crippen LogP contribution in [0.25, 0.3) is 0 Å². The summed E-state index contributed by atoms with van der Waals surface area (Å²) < 4.78 is 1.04. The molecular formula is C14H15BrOS. The van der Waals surface area contributed by atoms with Crippen LogP contribution in [0.15, 0.2) is 45.6 Å². The molecule has 1 atom stereocenters. The second-order valence-corrected chi connectivity index (χ2v) is 6.11. The van der Waals surface area contributed by atoms with E-state index in [1.807, 2.05) is 31.2 Å². The van der Waals surface area contributed by atoms with E-state index in [4.69, 9.17) is 0 Å². The number of aliphatic hydroxyl groups is 1. The minimum Gasteiger partial charge on any atom is -0.385 e. The summed E-state index contributed by atoms with van der Waals surface area (Å²) in [6, 6.07) is 9.99. The largest absolute Gasteiger partial charge is 0.385 e. The van der Waals surface area contributed by atoms with Gasteiger partial charge in [-0.2, -0.15) is 11.3 Å². The van der Waals surface area contributed by atoms with E-state index in [0.29, 0.717) is 0 Å². The highest BCUT2D eigenvalue weighted by Crippen LogP contribution is 2.27. The van der Waals surface area contributed by atoms with E-state index in [1.54, 1.807) is 11.3 Å². The van der Waals surface area contributed by atoms with E-state index in [2.05, 4.69) is 32.8 Å². The second kappa shape index (κ2) is 5.34. The zero-order valence-electron chi connectivity index (χ0n) is 9.69. The highest BCUT2D eigenvalue weighted by atomic mass is 79.9. The standard InChI is InChI=1S/C14H15BrOS/c1-14(16,8-6-11-7-9-17-10-11)12-2-4-13(15)5-3-12/h2-5,7,9-10,16H,6,8H2,1H3. The maximum atomic E-state index is 10.5. The SMILES string of the molecule is CC(O)(CCc1ccsc1)c1ccc(Br)cc1. The molecule has 0 aliphatic heterocycles. The Morgan fingerprint density at radius 2 is 1.94 bits per heavy atom. The van der Waals surface area contributed by atoms with Crippen molar-refractivity contribution in [3.05, 3.63) is 56.7 Å². The van der Waals surface area contributed by atoms with Crippen molar-refractivity contribution in [2.45, 2.75) is 25.4 Å². The summed E-state index contributed by atoms with van der Waals surface area (Å²) in [7, 11) is 0. The molecule has 1 unspecified atom stereocenters. The first-order valence-electron chi connectivity index (χ1n) is 5.57.